The Morgan fingerprint density at radius 2 is 1.76 bits per heavy atom. The van der Waals surface area contributed by atoms with Crippen molar-refractivity contribution in [2.75, 3.05) is 49.5 Å². The topological polar surface area (TPSA) is 73.4 Å². The van der Waals surface area contributed by atoms with E-state index in [2.05, 4.69) is 24.8 Å². The number of carbonyl (C=O) groups excluding carboxylic acids is 1. The molecule has 0 atom stereocenters. The number of benzene rings is 2. The molecule has 3 aromatic rings. The van der Waals surface area contributed by atoms with E-state index in [1.54, 1.807) is 18.2 Å². The van der Waals surface area contributed by atoms with Gasteiger partial charge in [-0.2, -0.15) is 4.37 Å². The lowest BCUT2D eigenvalue weighted by atomic mass is 10.1. The van der Waals surface area contributed by atoms with Gasteiger partial charge in [-0.3, -0.25) is 4.90 Å². The zero-order valence-electron chi connectivity index (χ0n) is 17.7. The number of rotatable bonds is 7. The van der Waals surface area contributed by atoms with Crippen LogP contribution in [-0.2, 0) is 6.42 Å². The summed E-state index contributed by atoms with van der Waals surface area (Å²) in [5.41, 5.74) is 1.74. The van der Waals surface area contributed by atoms with Gasteiger partial charge in [0.2, 0.25) is 5.13 Å². The van der Waals surface area contributed by atoms with Gasteiger partial charge in [0, 0.05) is 67.9 Å². The Kier molecular flexibility index (Phi) is 8.27. The van der Waals surface area contributed by atoms with Crippen LogP contribution < -0.4 is 15.5 Å². The molecule has 4 rings (SSSR count). The van der Waals surface area contributed by atoms with E-state index in [1.807, 2.05) is 24.3 Å². The zero-order valence-corrected chi connectivity index (χ0v) is 20.8. The number of halogens is 3. The lowest BCUT2D eigenvalue weighted by Crippen LogP contribution is -2.48. The molecule has 2 N–H and O–H groups in total. The van der Waals surface area contributed by atoms with Crippen molar-refractivity contribution in [3.63, 3.8) is 0 Å². The minimum atomic E-state index is -0.269. The molecule has 2 aromatic carbocycles. The maximum absolute atomic E-state index is 12.1. The predicted octanol–water partition coefficient (Wildman–Crippen LogP) is 5.03. The van der Waals surface area contributed by atoms with E-state index in [-0.39, 0.29) is 6.03 Å². The Morgan fingerprint density at radius 3 is 2.48 bits per heavy atom. The summed E-state index contributed by atoms with van der Waals surface area (Å²) in [6.45, 7) is 4.90. The van der Waals surface area contributed by atoms with Crippen molar-refractivity contribution in [1.29, 1.82) is 0 Å². The molecule has 7 nitrogen and oxygen atoms in total. The molecule has 2 heterocycles. The molecule has 0 radical (unpaired) electrons. The average molecular weight is 526 g/mol. The second-order valence-electron chi connectivity index (χ2n) is 7.63. The minimum Gasteiger partial charge on any atom is -0.344 e. The molecule has 174 valence electrons. The number of piperazine rings is 1. The summed E-state index contributed by atoms with van der Waals surface area (Å²) in [6.07, 6.45) is 0.698. The SMILES string of the molecule is O=C(NCCN1CCN(c2nc(Cc3ccc(Cl)cc3)ns2)CC1)Nc1ccc(Cl)c(Cl)c1. The first-order valence-electron chi connectivity index (χ1n) is 10.5. The molecule has 1 saturated heterocycles. The fourth-order valence-electron chi connectivity index (χ4n) is 3.47. The van der Waals surface area contributed by atoms with Crippen molar-refractivity contribution >= 4 is 63.2 Å². The third-order valence-electron chi connectivity index (χ3n) is 5.27. The summed E-state index contributed by atoms with van der Waals surface area (Å²) in [6, 6.07) is 12.5. The van der Waals surface area contributed by atoms with Gasteiger partial charge in [0.15, 0.2) is 0 Å². The van der Waals surface area contributed by atoms with Gasteiger partial charge in [-0.1, -0.05) is 46.9 Å². The lowest BCUT2D eigenvalue weighted by molar-refractivity contribution is 0.240. The van der Waals surface area contributed by atoms with Crippen molar-refractivity contribution < 1.29 is 4.79 Å². The van der Waals surface area contributed by atoms with Crippen molar-refractivity contribution in [3.05, 3.63) is 68.9 Å². The van der Waals surface area contributed by atoms with Crippen LogP contribution in [0.4, 0.5) is 15.6 Å². The molecular weight excluding hydrogens is 503 g/mol. The number of hydrogen-bond acceptors (Lipinski definition) is 6. The molecular formula is C22H23Cl3N6OS. The van der Waals surface area contributed by atoms with Crippen LogP contribution in [0.15, 0.2) is 42.5 Å². The molecule has 11 heteroatoms. The van der Waals surface area contributed by atoms with E-state index >= 15 is 0 Å². The highest BCUT2D eigenvalue weighted by Gasteiger charge is 2.20. The average Bonchev–Trinajstić information content (AvgIpc) is 3.27. The predicted molar refractivity (Wildman–Crippen MR) is 136 cm³/mol. The molecule has 2 amide bonds. The van der Waals surface area contributed by atoms with Crippen molar-refractivity contribution in [3.8, 4) is 0 Å². The monoisotopic (exact) mass is 524 g/mol. The standard InChI is InChI=1S/C22H23Cl3N6OS/c23-16-3-1-15(2-4-16)13-20-28-22(33-29-20)31-11-9-30(10-12-31)8-7-26-21(32)27-17-5-6-18(24)19(25)14-17/h1-6,14H,7-13H2,(H2,26,27,32). The Bertz CT molecular complexity index is 1090. The number of urea groups is 1. The Morgan fingerprint density at radius 1 is 1.00 bits per heavy atom. The van der Waals surface area contributed by atoms with Crippen molar-refractivity contribution in [2.24, 2.45) is 0 Å². The smallest absolute Gasteiger partial charge is 0.319 e. The first-order valence-corrected chi connectivity index (χ1v) is 12.4. The number of amides is 2. The quantitative estimate of drug-likeness (QED) is 0.452. The van der Waals surface area contributed by atoms with Crippen LogP contribution >= 0.6 is 46.3 Å². The van der Waals surface area contributed by atoms with Gasteiger partial charge in [0.25, 0.3) is 0 Å². The second kappa shape index (κ2) is 11.4. The number of anilines is 2. The van der Waals surface area contributed by atoms with Gasteiger partial charge in [0.05, 0.1) is 10.0 Å². The number of nitrogens with one attached hydrogen (secondary N) is 2. The van der Waals surface area contributed by atoms with E-state index < -0.39 is 0 Å². The highest BCUT2D eigenvalue weighted by molar-refractivity contribution is 7.09. The van der Waals surface area contributed by atoms with Gasteiger partial charge in [-0.05, 0) is 35.9 Å². The maximum atomic E-state index is 12.1. The summed E-state index contributed by atoms with van der Waals surface area (Å²) in [5, 5.41) is 8.17. The Hall–Kier alpha value is -2.10. The van der Waals surface area contributed by atoms with Gasteiger partial charge in [0.1, 0.15) is 5.82 Å². The molecule has 0 spiro atoms. The van der Waals surface area contributed by atoms with Crippen LogP contribution in [0, 0.1) is 0 Å². The first kappa shape index (κ1) is 24.0. The molecule has 0 bridgehead atoms. The second-order valence-corrected chi connectivity index (χ2v) is 9.62. The Balaban J connectivity index is 1.17. The van der Waals surface area contributed by atoms with Crippen LogP contribution in [0.2, 0.25) is 15.1 Å². The Labute approximate surface area is 211 Å². The van der Waals surface area contributed by atoms with Gasteiger partial charge in [-0.25, -0.2) is 9.78 Å². The van der Waals surface area contributed by atoms with Gasteiger partial charge < -0.3 is 15.5 Å². The number of carbonyl (C=O) groups is 1. The number of nitrogens with zero attached hydrogens (tertiary/aromatic N) is 4. The molecule has 1 aliphatic rings. The summed E-state index contributed by atoms with van der Waals surface area (Å²) >= 11 is 19.3. The summed E-state index contributed by atoms with van der Waals surface area (Å²) in [4.78, 5) is 21.4. The molecule has 0 saturated carbocycles. The number of aromatic nitrogens is 2. The summed E-state index contributed by atoms with van der Waals surface area (Å²) in [5.74, 6) is 0.830. The van der Waals surface area contributed by atoms with Crippen LogP contribution in [-0.4, -0.2) is 59.6 Å². The summed E-state index contributed by atoms with van der Waals surface area (Å²) in [7, 11) is 0. The van der Waals surface area contributed by atoms with E-state index in [0.717, 1.165) is 54.3 Å². The third kappa shape index (κ3) is 6.94. The maximum Gasteiger partial charge on any atom is 0.319 e. The molecule has 33 heavy (non-hydrogen) atoms. The lowest BCUT2D eigenvalue weighted by Gasteiger charge is -2.34. The molecule has 1 aliphatic heterocycles. The van der Waals surface area contributed by atoms with Crippen LogP contribution in [0.1, 0.15) is 11.4 Å². The largest absolute Gasteiger partial charge is 0.344 e. The molecule has 1 aromatic heterocycles. The van der Waals surface area contributed by atoms with Gasteiger partial charge in [-0.15, -0.1) is 0 Å². The highest BCUT2D eigenvalue weighted by atomic mass is 35.5. The number of hydrogen-bond donors (Lipinski definition) is 2. The zero-order chi connectivity index (χ0) is 23.2. The van der Waals surface area contributed by atoms with Gasteiger partial charge >= 0.3 is 6.03 Å². The van der Waals surface area contributed by atoms with E-state index in [1.165, 1.54) is 11.5 Å². The third-order valence-corrected chi connectivity index (χ3v) is 7.07. The molecule has 0 aliphatic carbocycles. The van der Waals surface area contributed by atoms with Crippen LogP contribution in [0.25, 0.3) is 0 Å². The van der Waals surface area contributed by atoms with Crippen LogP contribution in [0.5, 0.6) is 0 Å². The van der Waals surface area contributed by atoms with E-state index in [9.17, 15) is 4.79 Å². The van der Waals surface area contributed by atoms with Crippen LogP contribution in [0.3, 0.4) is 0 Å². The van der Waals surface area contributed by atoms with E-state index in [4.69, 9.17) is 39.8 Å². The molecule has 1 fully saturated rings. The fraction of sp³-hybridized carbons (Fsp3) is 0.318. The molecule has 0 unspecified atom stereocenters. The summed E-state index contributed by atoms with van der Waals surface area (Å²) < 4.78 is 4.51. The first-order chi connectivity index (χ1) is 16.0. The normalized spacial score (nSPS) is 14.3. The van der Waals surface area contributed by atoms with Crippen molar-refractivity contribution in [1.82, 2.24) is 19.6 Å². The van der Waals surface area contributed by atoms with Crippen molar-refractivity contribution in [2.45, 2.75) is 6.42 Å². The fourth-order valence-corrected chi connectivity index (χ4v) is 4.63. The van der Waals surface area contributed by atoms with E-state index in [0.29, 0.717) is 28.7 Å². The minimum absolute atomic E-state index is 0.269. The highest BCUT2D eigenvalue weighted by Crippen LogP contribution is 2.25.